The first kappa shape index (κ1) is 14.3. The van der Waals surface area contributed by atoms with Crippen LogP contribution in [-0.4, -0.2) is 40.1 Å². The number of aryl methyl sites for hydroxylation is 1. The number of aromatic nitrogens is 3. The Labute approximate surface area is 134 Å². The van der Waals surface area contributed by atoms with E-state index in [0.29, 0.717) is 0 Å². The predicted octanol–water partition coefficient (Wildman–Crippen LogP) is 1.47. The molecule has 1 aliphatic rings. The molecule has 6 heteroatoms. The summed E-state index contributed by atoms with van der Waals surface area (Å²) in [6.07, 6.45) is 1.00. The molecule has 0 spiro atoms. The first-order valence-corrected chi connectivity index (χ1v) is 8.26. The summed E-state index contributed by atoms with van der Waals surface area (Å²) in [6, 6.07) is 9.69. The van der Waals surface area contributed by atoms with E-state index < -0.39 is 0 Å². The molecular formula is C17H21N5O. The van der Waals surface area contributed by atoms with Crippen molar-refractivity contribution < 1.29 is 0 Å². The molecule has 1 fully saturated rings. The van der Waals surface area contributed by atoms with Crippen LogP contribution >= 0.6 is 0 Å². The maximum Gasteiger partial charge on any atom is 0.261 e. The molecule has 0 saturated carbocycles. The Morgan fingerprint density at radius 2 is 1.91 bits per heavy atom. The minimum atomic E-state index is -0.00501. The average Bonchev–Trinajstić information content (AvgIpc) is 2.91. The molecule has 1 aliphatic heterocycles. The van der Waals surface area contributed by atoms with Gasteiger partial charge in [-0.1, -0.05) is 19.1 Å². The van der Waals surface area contributed by atoms with Crippen LogP contribution in [0.2, 0.25) is 0 Å². The second-order valence-electron chi connectivity index (χ2n) is 5.97. The number of para-hydroxylation sites is 2. The Kier molecular flexibility index (Phi) is 3.53. The van der Waals surface area contributed by atoms with Crippen molar-refractivity contribution in [2.45, 2.75) is 19.9 Å². The Hall–Kier alpha value is -2.34. The number of rotatable bonds is 3. The minimum Gasteiger partial charge on any atom is -0.354 e. The van der Waals surface area contributed by atoms with Crippen molar-refractivity contribution in [3.63, 3.8) is 0 Å². The second kappa shape index (κ2) is 5.70. The van der Waals surface area contributed by atoms with Gasteiger partial charge in [-0.25, -0.2) is 4.40 Å². The van der Waals surface area contributed by atoms with Crippen molar-refractivity contribution >= 4 is 22.6 Å². The summed E-state index contributed by atoms with van der Waals surface area (Å²) < 4.78 is 3.89. The van der Waals surface area contributed by atoms with Gasteiger partial charge in [0.05, 0.1) is 11.0 Å². The number of hydrogen-bond donors (Lipinski definition) is 1. The molecule has 0 atom stereocenters. The molecular weight excluding hydrogens is 290 g/mol. The monoisotopic (exact) mass is 311 g/mol. The fourth-order valence-corrected chi connectivity index (χ4v) is 3.36. The number of imidazole rings is 1. The van der Waals surface area contributed by atoms with Crippen molar-refractivity contribution in [3.05, 3.63) is 40.7 Å². The molecule has 2 aromatic heterocycles. The first-order chi connectivity index (χ1) is 11.3. The van der Waals surface area contributed by atoms with Gasteiger partial charge in [-0.15, -0.1) is 0 Å². The molecule has 0 unspecified atom stereocenters. The Bertz CT molecular complexity index is 904. The van der Waals surface area contributed by atoms with E-state index in [1.807, 2.05) is 18.2 Å². The van der Waals surface area contributed by atoms with E-state index in [-0.39, 0.29) is 5.56 Å². The van der Waals surface area contributed by atoms with Gasteiger partial charge in [-0.3, -0.25) is 4.79 Å². The summed E-state index contributed by atoms with van der Waals surface area (Å²) in [5.41, 5.74) is 1.99. The van der Waals surface area contributed by atoms with Crippen LogP contribution in [0.4, 0.5) is 5.82 Å². The third-order valence-corrected chi connectivity index (χ3v) is 4.43. The molecule has 1 aromatic carbocycles. The van der Waals surface area contributed by atoms with Crippen LogP contribution in [0.5, 0.6) is 0 Å². The summed E-state index contributed by atoms with van der Waals surface area (Å²) in [6.45, 7) is 6.63. The summed E-state index contributed by atoms with van der Waals surface area (Å²) in [4.78, 5) is 19.8. The van der Waals surface area contributed by atoms with Gasteiger partial charge >= 0.3 is 0 Å². The normalized spacial score (nSPS) is 15.6. The highest BCUT2D eigenvalue weighted by atomic mass is 16.1. The predicted molar refractivity (Wildman–Crippen MR) is 92.3 cm³/mol. The van der Waals surface area contributed by atoms with Gasteiger partial charge in [0.1, 0.15) is 5.82 Å². The van der Waals surface area contributed by atoms with E-state index in [2.05, 4.69) is 27.8 Å². The van der Waals surface area contributed by atoms with Crippen LogP contribution in [0, 0.1) is 0 Å². The number of benzene rings is 1. The lowest BCUT2D eigenvalue weighted by molar-refractivity contribution is 0.584. The molecule has 0 radical (unpaired) electrons. The summed E-state index contributed by atoms with van der Waals surface area (Å²) >= 11 is 0. The lowest BCUT2D eigenvalue weighted by Gasteiger charge is -2.28. The molecule has 1 N–H and O–H groups in total. The molecule has 3 aromatic rings. The van der Waals surface area contributed by atoms with E-state index in [0.717, 1.165) is 61.8 Å². The highest BCUT2D eigenvalue weighted by molar-refractivity contribution is 5.81. The fraction of sp³-hybridized carbons (Fsp3) is 0.412. The largest absolute Gasteiger partial charge is 0.354 e. The maximum absolute atomic E-state index is 12.7. The molecule has 0 bridgehead atoms. The van der Waals surface area contributed by atoms with Crippen molar-refractivity contribution in [2.75, 3.05) is 31.1 Å². The van der Waals surface area contributed by atoms with Gasteiger partial charge in [-0.05, 0) is 18.6 Å². The van der Waals surface area contributed by atoms with Gasteiger partial charge in [-0.2, -0.15) is 4.98 Å². The smallest absolute Gasteiger partial charge is 0.261 e. The topological polar surface area (TPSA) is 54.6 Å². The quantitative estimate of drug-likeness (QED) is 0.796. The fourth-order valence-electron chi connectivity index (χ4n) is 3.36. The van der Waals surface area contributed by atoms with Crippen molar-refractivity contribution in [3.8, 4) is 0 Å². The van der Waals surface area contributed by atoms with E-state index in [4.69, 9.17) is 4.98 Å². The maximum atomic E-state index is 12.7. The Morgan fingerprint density at radius 1 is 1.17 bits per heavy atom. The highest BCUT2D eigenvalue weighted by Gasteiger charge is 2.17. The average molecular weight is 311 g/mol. The van der Waals surface area contributed by atoms with E-state index in [9.17, 15) is 4.79 Å². The van der Waals surface area contributed by atoms with Crippen LogP contribution < -0.4 is 15.8 Å². The van der Waals surface area contributed by atoms with Crippen LogP contribution in [-0.2, 0) is 6.54 Å². The lowest BCUT2D eigenvalue weighted by atomic mass is 10.3. The zero-order valence-corrected chi connectivity index (χ0v) is 13.3. The van der Waals surface area contributed by atoms with Gasteiger partial charge in [0.25, 0.3) is 5.56 Å². The number of fused-ring (bicyclic) bond motifs is 3. The van der Waals surface area contributed by atoms with Crippen molar-refractivity contribution in [1.29, 1.82) is 0 Å². The van der Waals surface area contributed by atoms with E-state index in [1.165, 1.54) is 0 Å². The Morgan fingerprint density at radius 3 is 2.65 bits per heavy atom. The van der Waals surface area contributed by atoms with Gasteiger partial charge in [0, 0.05) is 38.8 Å². The molecule has 1 saturated heterocycles. The van der Waals surface area contributed by atoms with Crippen LogP contribution in [0.25, 0.3) is 16.8 Å². The standard InChI is InChI=1S/C17H21N5O/c1-2-9-21-13-5-3-4-6-14(13)22-16(23)12-15(19-17(21)22)20-10-7-18-8-11-20/h3-6,12,18H,2,7-11H2,1H3. The number of nitrogens with zero attached hydrogens (tertiary/aromatic N) is 4. The van der Waals surface area contributed by atoms with Crippen LogP contribution in [0.1, 0.15) is 13.3 Å². The van der Waals surface area contributed by atoms with E-state index >= 15 is 0 Å². The van der Waals surface area contributed by atoms with Crippen LogP contribution in [0.3, 0.4) is 0 Å². The molecule has 0 amide bonds. The van der Waals surface area contributed by atoms with Gasteiger partial charge < -0.3 is 14.8 Å². The minimum absolute atomic E-state index is 0.00501. The molecule has 0 aliphatic carbocycles. The number of piperazine rings is 1. The lowest BCUT2D eigenvalue weighted by Crippen LogP contribution is -2.44. The first-order valence-electron chi connectivity index (χ1n) is 8.26. The van der Waals surface area contributed by atoms with Crippen LogP contribution in [0.15, 0.2) is 35.1 Å². The number of nitrogens with one attached hydrogen (secondary N) is 1. The highest BCUT2D eigenvalue weighted by Crippen LogP contribution is 2.20. The molecule has 23 heavy (non-hydrogen) atoms. The summed E-state index contributed by atoms with van der Waals surface area (Å²) in [7, 11) is 0. The summed E-state index contributed by atoms with van der Waals surface area (Å²) in [5, 5.41) is 3.33. The second-order valence-corrected chi connectivity index (χ2v) is 5.97. The molecule has 3 heterocycles. The molecule has 4 rings (SSSR count). The SMILES string of the molecule is CCCn1c2ccccc2n2c(=O)cc(N3CCNCC3)nc12. The number of hydrogen-bond acceptors (Lipinski definition) is 4. The van der Waals surface area contributed by atoms with Crippen molar-refractivity contribution in [2.24, 2.45) is 0 Å². The van der Waals surface area contributed by atoms with Crippen molar-refractivity contribution in [1.82, 2.24) is 19.3 Å². The third kappa shape index (κ3) is 2.30. The van der Waals surface area contributed by atoms with E-state index in [1.54, 1.807) is 10.5 Å². The zero-order chi connectivity index (χ0) is 15.8. The molecule has 120 valence electrons. The zero-order valence-electron chi connectivity index (χ0n) is 13.3. The third-order valence-electron chi connectivity index (χ3n) is 4.43. The molecule has 6 nitrogen and oxygen atoms in total. The van der Waals surface area contributed by atoms with Gasteiger partial charge in [0.15, 0.2) is 0 Å². The van der Waals surface area contributed by atoms with Gasteiger partial charge in [0.2, 0.25) is 5.78 Å². The summed E-state index contributed by atoms with van der Waals surface area (Å²) in [5.74, 6) is 1.53. The number of anilines is 1. The Balaban J connectivity index is 1.98.